The van der Waals surface area contributed by atoms with Crippen molar-refractivity contribution >= 4 is 17.6 Å². The molecule has 0 aliphatic heterocycles. The molecule has 0 bridgehead atoms. The molecule has 0 unspecified atom stereocenters. The van der Waals surface area contributed by atoms with E-state index in [1.54, 1.807) is 0 Å². The highest BCUT2D eigenvalue weighted by molar-refractivity contribution is 5.83. The van der Waals surface area contributed by atoms with Crippen LogP contribution in [-0.2, 0) is 23.1 Å². The van der Waals surface area contributed by atoms with E-state index < -0.39 is 11.4 Å². The third-order valence-electron chi connectivity index (χ3n) is 6.51. The Hall–Kier alpha value is -3.22. The fourth-order valence-electron chi connectivity index (χ4n) is 4.67. The van der Waals surface area contributed by atoms with E-state index in [2.05, 4.69) is 10.5 Å². The summed E-state index contributed by atoms with van der Waals surface area (Å²) in [6.07, 6.45) is 5.31. The third kappa shape index (κ3) is 2.88. The van der Waals surface area contributed by atoms with E-state index in [0.717, 1.165) is 65.3 Å². The highest BCUT2D eigenvalue weighted by Gasteiger charge is 2.45. The highest BCUT2D eigenvalue weighted by Crippen LogP contribution is 2.44. The standard InChI is InChI=1S/C23H24N4O3/c1-13-19(14(2)30-27-13)20-17-5-3-6-18(17)25-22(26-20)24-16-9-7-15(8-10-16)23(21(28)29)11-4-12-23/h7-10H,3-6,11-12H2,1-2H3,(H,28,29)(H,24,25,26). The van der Waals surface area contributed by atoms with Gasteiger partial charge in [0.25, 0.3) is 0 Å². The molecule has 2 aliphatic carbocycles. The van der Waals surface area contributed by atoms with Crippen molar-refractivity contribution in [3.05, 3.63) is 52.5 Å². The zero-order valence-electron chi connectivity index (χ0n) is 17.2. The first-order chi connectivity index (χ1) is 14.5. The Bertz CT molecular complexity index is 1110. The molecule has 0 radical (unpaired) electrons. The lowest BCUT2D eigenvalue weighted by atomic mass is 9.64. The van der Waals surface area contributed by atoms with Gasteiger partial charge >= 0.3 is 5.97 Å². The number of nitrogens with zero attached hydrogens (tertiary/aromatic N) is 3. The van der Waals surface area contributed by atoms with Crippen LogP contribution in [-0.4, -0.2) is 26.2 Å². The van der Waals surface area contributed by atoms with Gasteiger partial charge in [-0.05, 0) is 63.6 Å². The molecule has 2 aliphatic rings. The largest absolute Gasteiger partial charge is 0.481 e. The first-order valence-corrected chi connectivity index (χ1v) is 10.4. The fraction of sp³-hybridized carbons (Fsp3) is 0.391. The molecular formula is C23H24N4O3. The van der Waals surface area contributed by atoms with E-state index in [0.29, 0.717) is 18.8 Å². The van der Waals surface area contributed by atoms with Crippen LogP contribution in [0.3, 0.4) is 0 Å². The molecule has 0 saturated heterocycles. The molecule has 1 saturated carbocycles. The SMILES string of the molecule is Cc1noc(C)c1-c1nc(Nc2ccc(C3(C(=O)O)CCC3)cc2)nc2c1CCC2. The van der Waals surface area contributed by atoms with Gasteiger partial charge in [0.15, 0.2) is 0 Å². The zero-order valence-corrected chi connectivity index (χ0v) is 17.2. The number of anilines is 2. The van der Waals surface area contributed by atoms with Crippen LogP contribution < -0.4 is 5.32 Å². The Balaban J connectivity index is 1.47. The summed E-state index contributed by atoms with van der Waals surface area (Å²) < 4.78 is 5.37. The number of nitrogens with one attached hydrogen (secondary N) is 1. The molecule has 5 rings (SSSR count). The lowest BCUT2D eigenvalue weighted by Gasteiger charge is -2.38. The summed E-state index contributed by atoms with van der Waals surface area (Å²) in [5.74, 6) is 0.561. The molecule has 2 aromatic heterocycles. The van der Waals surface area contributed by atoms with Crippen molar-refractivity contribution in [3.8, 4) is 11.3 Å². The Morgan fingerprint density at radius 2 is 1.87 bits per heavy atom. The van der Waals surface area contributed by atoms with E-state index >= 15 is 0 Å². The van der Waals surface area contributed by atoms with Gasteiger partial charge in [0.05, 0.1) is 22.4 Å². The van der Waals surface area contributed by atoms with Crippen molar-refractivity contribution in [2.75, 3.05) is 5.32 Å². The van der Waals surface area contributed by atoms with Gasteiger partial charge in [0.2, 0.25) is 5.95 Å². The summed E-state index contributed by atoms with van der Waals surface area (Å²) in [4.78, 5) is 21.3. The number of carbonyl (C=O) groups is 1. The molecular weight excluding hydrogens is 380 g/mol. The topological polar surface area (TPSA) is 101 Å². The number of aliphatic carboxylic acids is 1. The van der Waals surface area contributed by atoms with Crippen molar-refractivity contribution in [1.29, 1.82) is 0 Å². The number of hydrogen-bond acceptors (Lipinski definition) is 6. The first-order valence-electron chi connectivity index (χ1n) is 10.4. The second-order valence-corrected chi connectivity index (χ2v) is 8.32. The van der Waals surface area contributed by atoms with E-state index in [9.17, 15) is 9.90 Å². The summed E-state index contributed by atoms with van der Waals surface area (Å²) in [6, 6.07) is 7.62. The number of aryl methyl sites for hydroxylation is 3. The Kier molecular flexibility index (Phi) is 4.34. The lowest BCUT2D eigenvalue weighted by Crippen LogP contribution is -2.42. The second-order valence-electron chi connectivity index (χ2n) is 8.32. The minimum absolute atomic E-state index is 0.537. The van der Waals surface area contributed by atoms with Crippen LogP contribution in [0.4, 0.5) is 11.6 Å². The number of carboxylic acids is 1. The van der Waals surface area contributed by atoms with Gasteiger partial charge in [0, 0.05) is 16.9 Å². The van der Waals surface area contributed by atoms with Crippen LogP contribution >= 0.6 is 0 Å². The van der Waals surface area contributed by atoms with Gasteiger partial charge in [-0.25, -0.2) is 9.97 Å². The molecule has 30 heavy (non-hydrogen) atoms. The van der Waals surface area contributed by atoms with Crippen LogP contribution in [0.15, 0.2) is 28.8 Å². The van der Waals surface area contributed by atoms with Crippen molar-refractivity contribution in [1.82, 2.24) is 15.1 Å². The third-order valence-corrected chi connectivity index (χ3v) is 6.51. The molecule has 7 nitrogen and oxygen atoms in total. The van der Waals surface area contributed by atoms with Gasteiger partial charge in [-0.1, -0.05) is 23.7 Å². The molecule has 0 amide bonds. The van der Waals surface area contributed by atoms with Crippen molar-refractivity contribution < 1.29 is 14.4 Å². The van der Waals surface area contributed by atoms with Crippen LogP contribution in [0, 0.1) is 13.8 Å². The van der Waals surface area contributed by atoms with E-state index in [1.807, 2.05) is 38.1 Å². The maximum absolute atomic E-state index is 11.7. The number of hydrogen-bond donors (Lipinski definition) is 2. The molecule has 1 fully saturated rings. The Morgan fingerprint density at radius 3 is 2.47 bits per heavy atom. The molecule has 7 heteroatoms. The number of benzene rings is 1. The molecule has 154 valence electrons. The Morgan fingerprint density at radius 1 is 1.10 bits per heavy atom. The fourth-order valence-corrected chi connectivity index (χ4v) is 4.67. The lowest BCUT2D eigenvalue weighted by molar-refractivity contribution is -0.147. The molecule has 1 aromatic carbocycles. The average Bonchev–Trinajstić information content (AvgIpc) is 3.28. The maximum atomic E-state index is 11.7. The number of rotatable bonds is 5. The smallest absolute Gasteiger partial charge is 0.314 e. The number of aromatic nitrogens is 3. The maximum Gasteiger partial charge on any atom is 0.314 e. The van der Waals surface area contributed by atoms with Crippen molar-refractivity contribution in [2.45, 2.75) is 57.8 Å². The van der Waals surface area contributed by atoms with Gasteiger partial charge in [0.1, 0.15) is 5.76 Å². The van der Waals surface area contributed by atoms with Crippen LogP contribution in [0.1, 0.15) is 54.0 Å². The van der Waals surface area contributed by atoms with Crippen molar-refractivity contribution in [2.24, 2.45) is 0 Å². The molecule has 0 spiro atoms. The van der Waals surface area contributed by atoms with E-state index in [-0.39, 0.29) is 0 Å². The van der Waals surface area contributed by atoms with Crippen LogP contribution in [0.5, 0.6) is 0 Å². The zero-order chi connectivity index (χ0) is 20.9. The highest BCUT2D eigenvalue weighted by atomic mass is 16.5. The summed E-state index contributed by atoms with van der Waals surface area (Å²) in [7, 11) is 0. The minimum Gasteiger partial charge on any atom is -0.481 e. The quantitative estimate of drug-likeness (QED) is 0.646. The number of carboxylic acid groups (broad SMARTS) is 1. The molecule has 2 N–H and O–H groups in total. The predicted octanol–water partition coefficient (Wildman–Crippen LogP) is 4.49. The first kappa shape index (κ1) is 18.8. The summed E-state index contributed by atoms with van der Waals surface area (Å²) in [5.41, 5.74) is 5.89. The monoisotopic (exact) mass is 404 g/mol. The van der Waals surface area contributed by atoms with E-state index in [4.69, 9.17) is 14.5 Å². The molecule has 3 aromatic rings. The van der Waals surface area contributed by atoms with Gasteiger partial charge in [-0.2, -0.15) is 0 Å². The average molecular weight is 404 g/mol. The van der Waals surface area contributed by atoms with Gasteiger partial charge in [-0.15, -0.1) is 0 Å². The second kappa shape index (κ2) is 6.93. The predicted molar refractivity (Wildman–Crippen MR) is 112 cm³/mol. The minimum atomic E-state index is -0.736. The molecule has 2 heterocycles. The Labute approximate surface area is 174 Å². The van der Waals surface area contributed by atoms with Gasteiger partial charge in [-0.3, -0.25) is 4.79 Å². The normalized spacial score (nSPS) is 16.7. The molecule has 0 atom stereocenters. The van der Waals surface area contributed by atoms with Crippen LogP contribution in [0.25, 0.3) is 11.3 Å². The summed E-state index contributed by atoms with van der Waals surface area (Å²) >= 11 is 0. The number of fused-ring (bicyclic) bond motifs is 1. The van der Waals surface area contributed by atoms with Crippen molar-refractivity contribution in [3.63, 3.8) is 0 Å². The van der Waals surface area contributed by atoms with Crippen LogP contribution in [0.2, 0.25) is 0 Å². The van der Waals surface area contributed by atoms with E-state index in [1.165, 1.54) is 5.56 Å². The summed E-state index contributed by atoms with van der Waals surface area (Å²) in [5, 5.41) is 17.0. The van der Waals surface area contributed by atoms with Gasteiger partial charge < -0.3 is 14.9 Å². The summed E-state index contributed by atoms with van der Waals surface area (Å²) in [6.45, 7) is 3.84.